The maximum absolute atomic E-state index is 5.73. The quantitative estimate of drug-likeness (QED) is 0.806. The molecule has 1 aliphatic rings. The van der Waals surface area contributed by atoms with Crippen LogP contribution in [-0.2, 0) is 0 Å². The molecule has 0 atom stereocenters. The lowest BCUT2D eigenvalue weighted by Gasteiger charge is -2.24. The van der Waals surface area contributed by atoms with Crippen LogP contribution in [0.3, 0.4) is 0 Å². The molecule has 0 amide bonds. The van der Waals surface area contributed by atoms with Gasteiger partial charge in [0.2, 0.25) is 5.95 Å². The number of nitrogens with zero attached hydrogens (tertiary/aromatic N) is 3. The van der Waals surface area contributed by atoms with Crippen molar-refractivity contribution in [2.75, 3.05) is 23.7 Å². The van der Waals surface area contributed by atoms with Crippen molar-refractivity contribution in [3.05, 3.63) is 10.7 Å². The fraction of sp³-hybridized carbons (Fsp3) is 0.636. The molecule has 0 unspecified atom stereocenters. The number of nitrogens with two attached hydrogens (primary N) is 1. The van der Waals surface area contributed by atoms with Gasteiger partial charge in [-0.2, -0.15) is 4.98 Å². The van der Waals surface area contributed by atoms with Crippen LogP contribution in [0.15, 0.2) is 10.7 Å². The molecule has 1 aliphatic heterocycles. The van der Waals surface area contributed by atoms with Gasteiger partial charge in [0, 0.05) is 19.2 Å². The molecule has 5 heteroatoms. The predicted molar refractivity (Wildman–Crippen MR) is 69.4 cm³/mol. The van der Waals surface area contributed by atoms with Gasteiger partial charge in [0.05, 0.1) is 0 Å². The molecule has 16 heavy (non-hydrogen) atoms. The second kappa shape index (κ2) is 5.48. The second-order valence-corrected chi connectivity index (χ2v) is 4.98. The highest BCUT2D eigenvalue weighted by Crippen LogP contribution is 2.19. The van der Waals surface area contributed by atoms with E-state index < -0.39 is 0 Å². The normalized spacial score (nSPS) is 17.9. The van der Waals surface area contributed by atoms with Gasteiger partial charge in [-0.3, -0.25) is 0 Å². The van der Waals surface area contributed by atoms with Crippen LogP contribution in [0.25, 0.3) is 0 Å². The molecule has 1 fully saturated rings. The van der Waals surface area contributed by atoms with Crippen LogP contribution in [0.4, 0.5) is 11.8 Å². The minimum atomic E-state index is 0.527. The van der Waals surface area contributed by atoms with Gasteiger partial charge in [-0.1, -0.05) is 19.3 Å². The van der Waals surface area contributed by atoms with E-state index in [0.717, 1.165) is 23.6 Å². The Balaban J connectivity index is 2.13. The number of anilines is 2. The van der Waals surface area contributed by atoms with E-state index in [2.05, 4.69) is 30.8 Å². The molecule has 1 aromatic heterocycles. The summed E-state index contributed by atoms with van der Waals surface area (Å²) in [6.07, 6.45) is 6.40. The van der Waals surface area contributed by atoms with Gasteiger partial charge in [0.15, 0.2) is 0 Å². The fourth-order valence-corrected chi connectivity index (χ4v) is 2.40. The molecule has 0 saturated carbocycles. The number of aromatic nitrogens is 2. The molecule has 0 aliphatic carbocycles. The number of rotatable bonds is 1. The van der Waals surface area contributed by atoms with Crippen LogP contribution in [-0.4, -0.2) is 23.1 Å². The third-order valence-electron chi connectivity index (χ3n) is 2.84. The van der Waals surface area contributed by atoms with Crippen LogP contribution < -0.4 is 10.6 Å². The number of halogens is 1. The zero-order chi connectivity index (χ0) is 11.4. The molecule has 0 aromatic carbocycles. The van der Waals surface area contributed by atoms with Gasteiger partial charge in [0.1, 0.15) is 10.4 Å². The van der Waals surface area contributed by atoms with Gasteiger partial charge in [-0.25, -0.2) is 4.98 Å². The van der Waals surface area contributed by atoms with Crippen molar-refractivity contribution in [2.45, 2.75) is 32.1 Å². The topological polar surface area (TPSA) is 55.0 Å². The highest BCUT2D eigenvalue weighted by atomic mass is 79.9. The van der Waals surface area contributed by atoms with Crippen LogP contribution >= 0.6 is 15.9 Å². The van der Waals surface area contributed by atoms with Crippen LogP contribution in [0.5, 0.6) is 0 Å². The van der Waals surface area contributed by atoms with Crippen molar-refractivity contribution in [2.24, 2.45) is 0 Å². The summed E-state index contributed by atoms with van der Waals surface area (Å²) < 4.78 is 0.761. The molecule has 2 rings (SSSR count). The number of hydrogen-bond donors (Lipinski definition) is 1. The van der Waals surface area contributed by atoms with Gasteiger partial charge >= 0.3 is 0 Å². The standard InChI is InChI=1S/C11H17BrN4/c12-9-8-10(13)15-11(14-9)16-6-4-2-1-3-5-7-16/h8H,1-7H2,(H2,13,14,15). The van der Waals surface area contributed by atoms with E-state index in [9.17, 15) is 0 Å². The number of nitrogen functional groups attached to an aromatic ring is 1. The van der Waals surface area contributed by atoms with Crippen molar-refractivity contribution in [1.29, 1.82) is 0 Å². The highest BCUT2D eigenvalue weighted by molar-refractivity contribution is 9.10. The molecule has 0 spiro atoms. The Morgan fingerprint density at radius 2 is 1.69 bits per heavy atom. The zero-order valence-corrected chi connectivity index (χ0v) is 10.9. The largest absolute Gasteiger partial charge is 0.383 e. The monoisotopic (exact) mass is 284 g/mol. The maximum Gasteiger partial charge on any atom is 0.228 e. The second-order valence-electron chi connectivity index (χ2n) is 4.17. The summed E-state index contributed by atoms with van der Waals surface area (Å²) in [5.74, 6) is 1.28. The molecular weight excluding hydrogens is 268 g/mol. The summed E-state index contributed by atoms with van der Waals surface area (Å²) in [5.41, 5.74) is 5.73. The van der Waals surface area contributed by atoms with Crippen molar-refractivity contribution in [1.82, 2.24) is 9.97 Å². The SMILES string of the molecule is Nc1cc(Br)nc(N2CCCCCCC2)n1. The van der Waals surface area contributed by atoms with E-state index in [1.807, 2.05) is 0 Å². The molecule has 1 saturated heterocycles. The van der Waals surface area contributed by atoms with Crippen LogP contribution in [0.1, 0.15) is 32.1 Å². The first-order valence-corrected chi connectivity index (χ1v) is 6.60. The average Bonchev–Trinajstić information content (AvgIpc) is 2.14. The highest BCUT2D eigenvalue weighted by Gasteiger charge is 2.12. The van der Waals surface area contributed by atoms with E-state index in [0.29, 0.717) is 5.82 Å². The van der Waals surface area contributed by atoms with Gasteiger partial charge in [-0.05, 0) is 28.8 Å². The van der Waals surface area contributed by atoms with Crippen molar-refractivity contribution >= 4 is 27.7 Å². The molecule has 4 nitrogen and oxygen atoms in total. The Morgan fingerprint density at radius 3 is 2.31 bits per heavy atom. The minimum Gasteiger partial charge on any atom is -0.383 e. The van der Waals surface area contributed by atoms with Crippen molar-refractivity contribution in [3.8, 4) is 0 Å². The summed E-state index contributed by atoms with van der Waals surface area (Å²) in [4.78, 5) is 10.9. The van der Waals surface area contributed by atoms with Gasteiger partial charge < -0.3 is 10.6 Å². The lowest BCUT2D eigenvalue weighted by molar-refractivity contribution is 0.550. The van der Waals surface area contributed by atoms with Gasteiger partial charge in [0.25, 0.3) is 0 Å². The lowest BCUT2D eigenvalue weighted by atomic mass is 10.1. The molecule has 2 N–H and O–H groups in total. The summed E-state index contributed by atoms with van der Waals surface area (Å²) in [6.45, 7) is 2.08. The first-order valence-electron chi connectivity index (χ1n) is 5.81. The van der Waals surface area contributed by atoms with E-state index >= 15 is 0 Å². The molecular formula is C11H17BrN4. The lowest BCUT2D eigenvalue weighted by Crippen LogP contribution is -2.29. The minimum absolute atomic E-state index is 0.527. The maximum atomic E-state index is 5.73. The average molecular weight is 285 g/mol. The van der Waals surface area contributed by atoms with Crippen LogP contribution in [0, 0.1) is 0 Å². The Hall–Kier alpha value is -0.840. The molecule has 0 bridgehead atoms. The summed E-state index contributed by atoms with van der Waals surface area (Å²) in [6, 6.07) is 1.73. The molecule has 88 valence electrons. The molecule has 2 heterocycles. The summed E-state index contributed by atoms with van der Waals surface area (Å²) in [5, 5.41) is 0. The first-order chi connectivity index (χ1) is 7.75. The first kappa shape index (κ1) is 11.6. The van der Waals surface area contributed by atoms with E-state index in [1.54, 1.807) is 6.07 Å². The predicted octanol–water partition coefficient (Wildman–Crippen LogP) is 2.59. The van der Waals surface area contributed by atoms with Gasteiger partial charge in [-0.15, -0.1) is 0 Å². The third kappa shape index (κ3) is 3.07. The number of hydrogen-bond acceptors (Lipinski definition) is 4. The van der Waals surface area contributed by atoms with Crippen molar-refractivity contribution < 1.29 is 0 Å². The van der Waals surface area contributed by atoms with E-state index in [-0.39, 0.29) is 0 Å². The summed E-state index contributed by atoms with van der Waals surface area (Å²) >= 11 is 3.36. The fourth-order valence-electron chi connectivity index (χ4n) is 2.01. The Kier molecular flexibility index (Phi) is 3.98. The van der Waals surface area contributed by atoms with Crippen molar-refractivity contribution in [3.63, 3.8) is 0 Å². The van der Waals surface area contributed by atoms with E-state index in [1.165, 1.54) is 32.1 Å². The molecule has 0 radical (unpaired) electrons. The Morgan fingerprint density at radius 1 is 1.06 bits per heavy atom. The van der Waals surface area contributed by atoms with E-state index in [4.69, 9.17) is 5.73 Å². The Bertz CT molecular complexity index is 328. The van der Waals surface area contributed by atoms with Crippen LogP contribution in [0.2, 0.25) is 0 Å². The summed E-state index contributed by atoms with van der Waals surface area (Å²) in [7, 11) is 0. The molecule has 1 aromatic rings. The zero-order valence-electron chi connectivity index (χ0n) is 9.32. The smallest absolute Gasteiger partial charge is 0.228 e. The third-order valence-corrected chi connectivity index (χ3v) is 3.25. The Labute approximate surface area is 104 Å².